The summed E-state index contributed by atoms with van der Waals surface area (Å²) in [7, 11) is 0. The van der Waals surface area contributed by atoms with Crippen molar-refractivity contribution in [2.45, 2.75) is 39.3 Å². The monoisotopic (exact) mass is 383 g/mol. The predicted octanol–water partition coefficient (Wildman–Crippen LogP) is 4.32. The normalized spacial score (nSPS) is 14.5. The fourth-order valence-corrected chi connectivity index (χ4v) is 4.47. The molecule has 0 saturated heterocycles. The van der Waals surface area contributed by atoms with E-state index in [9.17, 15) is 9.18 Å². The number of nitrogens with zero attached hydrogens (tertiary/aromatic N) is 2. The second kappa shape index (κ2) is 7.37. The lowest BCUT2D eigenvalue weighted by Crippen LogP contribution is -2.35. The Morgan fingerprint density at radius 1 is 1.26 bits per heavy atom. The Labute approximate surface area is 161 Å². The molecule has 1 aliphatic rings. The number of H-pyrrole nitrogens is 1. The van der Waals surface area contributed by atoms with Crippen molar-refractivity contribution in [1.82, 2.24) is 14.9 Å². The molecule has 140 valence electrons. The molecule has 4 nitrogen and oxygen atoms in total. The highest BCUT2D eigenvalue weighted by atomic mass is 32.1. The van der Waals surface area contributed by atoms with Crippen molar-refractivity contribution in [2.75, 3.05) is 6.54 Å². The Morgan fingerprint density at radius 2 is 2.07 bits per heavy atom. The van der Waals surface area contributed by atoms with Crippen LogP contribution < -0.4 is 5.56 Å². The van der Waals surface area contributed by atoms with Gasteiger partial charge < -0.3 is 4.98 Å². The molecule has 1 aliphatic heterocycles. The standard InChI is InChI=1S/C21H22FN3OS/c1-13(2)20-23-18-9-10-25(12-16(18)21(26)24-20)11-14-7-8-19(27-14)15-5-3-4-6-17(15)22/h3-8,13H,9-12H2,1-2H3,(H,23,24,26). The average Bonchev–Trinajstić information content (AvgIpc) is 3.10. The van der Waals surface area contributed by atoms with Crippen LogP contribution in [0.3, 0.4) is 0 Å². The third kappa shape index (κ3) is 3.73. The van der Waals surface area contributed by atoms with Crippen molar-refractivity contribution >= 4 is 11.3 Å². The van der Waals surface area contributed by atoms with E-state index in [0.29, 0.717) is 12.1 Å². The van der Waals surface area contributed by atoms with Crippen LogP contribution in [0.25, 0.3) is 10.4 Å². The number of aromatic amines is 1. The zero-order chi connectivity index (χ0) is 19.0. The largest absolute Gasteiger partial charge is 0.310 e. The molecule has 0 radical (unpaired) electrons. The molecule has 4 rings (SSSR count). The van der Waals surface area contributed by atoms with E-state index in [2.05, 4.69) is 14.9 Å². The number of benzene rings is 1. The average molecular weight is 383 g/mol. The maximum Gasteiger partial charge on any atom is 0.255 e. The first kappa shape index (κ1) is 18.1. The van der Waals surface area contributed by atoms with E-state index in [-0.39, 0.29) is 17.3 Å². The molecular formula is C21H22FN3OS. The second-order valence-corrected chi connectivity index (χ2v) is 8.41. The molecule has 0 unspecified atom stereocenters. The Morgan fingerprint density at radius 3 is 2.85 bits per heavy atom. The van der Waals surface area contributed by atoms with Gasteiger partial charge in [0.15, 0.2) is 0 Å². The SMILES string of the molecule is CC(C)c1nc2c(c(=O)[nH]1)CN(Cc1ccc(-c3ccccc3F)s1)CC2. The fraction of sp³-hybridized carbons (Fsp3) is 0.333. The van der Waals surface area contributed by atoms with Gasteiger partial charge >= 0.3 is 0 Å². The molecule has 0 bridgehead atoms. The molecule has 0 spiro atoms. The minimum absolute atomic E-state index is 0.0216. The van der Waals surface area contributed by atoms with Gasteiger partial charge in [-0.1, -0.05) is 32.0 Å². The van der Waals surface area contributed by atoms with Crippen molar-refractivity contribution in [3.8, 4) is 10.4 Å². The van der Waals surface area contributed by atoms with Crippen molar-refractivity contribution in [1.29, 1.82) is 0 Å². The molecule has 0 saturated carbocycles. The molecule has 0 aliphatic carbocycles. The Balaban J connectivity index is 1.51. The fourth-order valence-electron chi connectivity index (χ4n) is 3.40. The Hall–Kier alpha value is -2.31. The van der Waals surface area contributed by atoms with E-state index in [1.54, 1.807) is 23.5 Å². The van der Waals surface area contributed by atoms with Crippen LogP contribution in [0.15, 0.2) is 41.2 Å². The van der Waals surface area contributed by atoms with Gasteiger partial charge in [-0.15, -0.1) is 11.3 Å². The summed E-state index contributed by atoms with van der Waals surface area (Å²) in [5.74, 6) is 0.778. The second-order valence-electron chi connectivity index (χ2n) is 7.24. The lowest BCUT2D eigenvalue weighted by Gasteiger charge is -2.27. The van der Waals surface area contributed by atoms with Crippen LogP contribution in [-0.2, 0) is 19.5 Å². The number of nitrogens with one attached hydrogen (secondary N) is 1. The topological polar surface area (TPSA) is 49.0 Å². The molecule has 27 heavy (non-hydrogen) atoms. The van der Waals surface area contributed by atoms with Crippen molar-refractivity contribution < 1.29 is 4.39 Å². The van der Waals surface area contributed by atoms with E-state index in [0.717, 1.165) is 41.5 Å². The molecule has 6 heteroatoms. The van der Waals surface area contributed by atoms with Crippen molar-refractivity contribution in [3.05, 3.63) is 74.5 Å². The van der Waals surface area contributed by atoms with Crippen LogP contribution in [-0.4, -0.2) is 21.4 Å². The lowest BCUT2D eigenvalue weighted by molar-refractivity contribution is 0.243. The van der Waals surface area contributed by atoms with Gasteiger partial charge in [0.1, 0.15) is 11.6 Å². The van der Waals surface area contributed by atoms with Crippen molar-refractivity contribution in [2.24, 2.45) is 0 Å². The molecule has 0 atom stereocenters. The highest BCUT2D eigenvalue weighted by molar-refractivity contribution is 7.15. The molecule has 0 fully saturated rings. The summed E-state index contributed by atoms with van der Waals surface area (Å²) in [6.45, 7) is 6.29. The van der Waals surface area contributed by atoms with Crippen LogP contribution in [0, 0.1) is 5.82 Å². The van der Waals surface area contributed by atoms with Gasteiger partial charge in [0.25, 0.3) is 5.56 Å². The lowest BCUT2D eigenvalue weighted by atomic mass is 10.1. The zero-order valence-corrected chi connectivity index (χ0v) is 16.3. The Kier molecular flexibility index (Phi) is 4.93. The first-order valence-electron chi connectivity index (χ1n) is 9.19. The third-order valence-electron chi connectivity index (χ3n) is 4.89. The van der Waals surface area contributed by atoms with Gasteiger partial charge in [0.2, 0.25) is 0 Å². The number of aromatic nitrogens is 2. The number of hydrogen-bond donors (Lipinski definition) is 1. The molecule has 0 amide bonds. The van der Waals surface area contributed by atoms with Gasteiger partial charge in [0, 0.05) is 47.3 Å². The maximum atomic E-state index is 14.0. The van der Waals surface area contributed by atoms with Crippen LogP contribution in [0.1, 0.15) is 41.7 Å². The number of hydrogen-bond acceptors (Lipinski definition) is 4. The summed E-state index contributed by atoms with van der Waals surface area (Å²) in [5, 5.41) is 0. The molecule has 3 heterocycles. The minimum Gasteiger partial charge on any atom is -0.310 e. The minimum atomic E-state index is -0.198. The third-order valence-corrected chi connectivity index (χ3v) is 6.00. The summed E-state index contributed by atoms with van der Waals surface area (Å²) in [6, 6.07) is 10.9. The van der Waals surface area contributed by atoms with Gasteiger partial charge in [-0.3, -0.25) is 9.69 Å². The number of fused-ring (bicyclic) bond motifs is 1. The number of thiophene rings is 1. The van der Waals surface area contributed by atoms with Crippen LogP contribution in [0.5, 0.6) is 0 Å². The first-order valence-corrected chi connectivity index (χ1v) is 10.0. The first-order chi connectivity index (χ1) is 13.0. The van der Waals surface area contributed by atoms with Gasteiger partial charge in [0.05, 0.1) is 11.3 Å². The quantitative estimate of drug-likeness (QED) is 0.730. The molecule has 2 aromatic heterocycles. The number of halogens is 1. The smallest absolute Gasteiger partial charge is 0.255 e. The van der Waals surface area contributed by atoms with Gasteiger partial charge in [-0.2, -0.15) is 0 Å². The molecule has 1 aromatic carbocycles. The summed E-state index contributed by atoms with van der Waals surface area (Å²) in [4.78, 5) is 24.4. The summed E-state index contributed by atoms with van der Waals surface area (Å²) >= 11 is 1.60. The van der Waals surface area contributed by atoms with Crippen LogP contribution in [0.4, 0.5) is 4.39 Å². The van der Waals surface area contributed by atoms with Crippen LogP contribution >= 0.6 is 11.3 Å². The summed E-state index contributed by atoms with van der Waals surface area (Å²) < 4.78 is 14.0. The molecule has 1 N–H and O–H groups in total. The van der Waals surface area contributed by atoms with Gasteiger partial charge in [-0.05, 0) is 18.2 Å². The molecular weight excluding hydrogens is 361 g/mol. The van der Waals surface area contributed by atoms with E-state index in [4.69, 9.17) is 0 Å². The summed E-state index contributed by atoms with van der Waals surface area (Å²) in [6.07, 6.45) is 0.782. The van der Waals surface area contributed by atoms with Crippen LogP contribution in [0.2, 0.25) is 0 Å². The predicted molar refractivity (Wildman–Crippen MR) is 106 cm³/mol. The van der Waals surface area contributed by atoms with E-state index < -0.39 is 0 Å². The van der Waals surface area contributed by atoms with Gasteiger partial charge in [-0.25, -0.2) is 9.37 Å². The van der Waals surface area contributed by atoms with Crippen molar-refractivity contribution in [3.63, 3.8) is 0 Å². The zero-order valence-electron chi connectivity index (χ0n) is 15.5. The number of rotatable bonds is 4. The maximum absolute atomic E-state index is 14.0. The van der Waals surface area contributed by atoms with E-state index in [1.165, 1.54) is 10.9 Å². The highest BCUT2D eigenvalue weighted by Crippen LogP contribution is 2.31. The highest BCUT2D eigenvalue weighted by Gasteiger charge is 2.22. The summed E-state index contributed by atoms with van der Waals surface area (Å²) in [5.41, 5.74) is 2.32. The van der Waals surface area contributed by atoms with E-state index >= 15 is 0 Å². The van der Waals surface area contributed by atoms with E-state index in [1.807, 2.05) is 32.0 Å². The molecule has 3 aromatic rings. The Bertz CT molecular complexity index is 1020.